The molecule has 3 aromatic rings. The molecule has 1 aromatic carbocycles. The van der Waals surface area contributed by atoms with Gasteiger partial charge >= 0.3 is 0 Å². The normalized spacial score (nSPS) is 10.8. The number of para-hydroxylation sites is 1. The van der Waals surface area contributed by atoms with E-state index in [1.807, 2.05) is 66.0 Å². The lowest BCUT2D eigenvalue weighted by Crippen LogP contribution is -2.25. The molecular formula is C15H13IN4O. The minimum Gasteiger partial charge on any atom is -0.291 e. The maximum Gasteiger partial charge on any atom is 0.267 e. The minimum atomic E-state index is -0.0180. The Bertz CT molecular complexity index is 823. The second-order valence-corrected chi connectivity index (χ2v) is 5.84. The third kappa shape index (κ3) is 2.90. The summed E-state index contributed by atoms with van der Waals surface area (Å²) in [6.07, 6.45) is 5.31. The summed E-state index contributed by atoms with van der Waals surface area (Å²) < 4.78 is 4.08. The summed E-state index contributed by atoms with van der Waals surface area (Å²) in [5.41, 5.74) is 1.94. The van der Waals surface area contributed by atoms with Gasteiger partial charge in [0, 0.05) is 18.0 Å². The van der Waals surface area contributed by atoms with Crippen LogP contribution in [-0.2, 0) is 6.54 Å². The first-order valence-corrected chi connectivity index (χ1v) is 7.54. The number of aryl methyl sites for hydroxylation is 1. The van der Waals surface area contributed by atoms with Crippen LogP contribution in [0.2, 0.25) is 0 Å². The first-order valence-electron chi connectivity index (χ1n) is 6.46. The van der Waals surface area contributed by atoms with E-state index >= 15 is 0 Å². The molecule has 2 heterocycles. The van der Waals surface area contributed by atoms with Gasteiger partial charge in [0.15, 0.2) is 0 Å². The molecule has 21 heavy (non-hydrogen) atoms. The van der Waals surface area contributed by atoms with Crippen molar-refractivity contribution in [2.75, 3.05) is 0 Å². The van der Waals surface area contributed by atoms with Crippen LogP contribution in [0.1, 0.15) is 11.4 Å². The van der Waals surface area contributed by atoms with Crippen molar-refractivity contribution >= 4 is 22.6 Å². The highest BCUT2D eigenvalue weighted by atomic mass is 127. The molecule has 0 fully saturated rings. The van der Waals surface area contributed by atoms with Crippen molar-refractivity contribution < 1.29 is 0 Å². The average molecular weight is 392 g/mol. The molecule has 0 atom stereocenters. The molecule has 5 nitrogen and oxygen atoms in total. The van der Waals surface area contributed by atoms with E-state index in [2.05, 4.69) is 10.1 Å². The number of halogens is 1. The lowest BCUT2D eigenvalue weighted by Gasteiger charge is -2.07. The summed E-state index contributed by atoms with van der Waals surface area (Å²) in [4.78, 5) is 16.4. The highest BCUT2D eigenvalue weighted by molar-refractivity contribution is 14.1. The summed E-state index contributed by atoms with van der Waals surface area (Å²) in [5, 5.41) is 4.34. The van der Waals surface area contributed by atoms with E-state index in [9.17, 15) is 4.79 Å². The Labute approximate surface area is 135 Å². The Hall–Kier alpha value is -1.96. The summed E-state index contributed by atoms with van der Waals surface area (Å²) in [7, 11) is 0. The van der Waals surface area contributed by atoms with Crippen LogP contribution in [0, 0.1) is 10.5 Å². The SMILES string of the molecule is Cc1ncc(I)c(=O)n1Cc1cnn(-c2ccccc2)c1. The number of benzene rings is 1. The van der Waals surface area contributed by atoms with E-state index in [0.717, 1.165) is 11.3 Å². The van der Waals surface area contributed by atoms with Crippen LogP contribution in [0.3, 0.4) is 0 Å². The fourth-order valence-electron chi connectivity index (χ4n) is 2.08. The summed E-state index contributed by atoms with van der Waals surface area (Å²) in [6, 6.07) is 9.88. The molecule has 0 unspecified atom stereocenters. The number of hydrogen-bond donors (Lipinski definition) is 0. The van der Waals surface area contributed by atoms with Gasteiger partial charge in [-0.05, 0) is 41.6 Å². The molecule has 2 aromatic heterocycles. The number of hydrogen-bond acceptors (Lipinski definition) is 3. The third-order valence-electron chi connectivity index (χ3n) is 3.20. The zero-order valence-electron chi connectivity index (χ0n) is 11.4. The third-order valence-corrected chi connectivity index (χ3v) is 3.94. The highest BCUT2D eigenvalue weighted by Crippen LogP contribution is 2.09. The van der Waals surface area contributed by atoms with E-state index in [0.29, 0.717) is 15.9 Å². The molecule has 0 aliphatic heterocycles. The maximum absolute atomic E-state index is 12.2. The predicted octanol–water partition coefficient (Wildman–Crippen LogP) is 2.39. The van der Waals surface area contributed by atoms with Crippen LogP contribution in [-0.4, -0.2) is 19.3 Å². The summed E-state index contributed by atoms with van der Waals surface area (Å²) >= 11 is 2.01. The van der Waals surface area contributed by atoms with Crippen molar-refractivity contribution in [3.05, 3.63) is 74.2 Å². The van der Waals surface area contributed by atoms with Crippen LogP contribution in [0.25, 0.3) is 5.69 Å². The van der Waals surface area contributed by atoms with Crippen molar-refractivity contribution in [1.29, 1.82) is 0 Å². The molecule has 3 rings (SSSR count). The predicted molar refractivity (Wildman–Crippen MR) is 88.6 cm³/mol. The van der Waals surface area contributed by atoms with Gasteiger partial charge < -0.3 is 0 Å². The summed E-state index contributed by atoms with van der Waals surface area (Å²) in [6.45, 7) is 2.31. The second kappa shape index (κ2) is 5.80. The van der Waals surface area contributed by atoms with E-state index in [-0.39, 0.29) is 5.56 Å². The Balaban J connectivity index is 1.93. The minimum absolute atomic E-state index is 0.0180. The molecule has 0 spiro atoms. The summed E-state index contributed by atoms with van der Waals surface area (Å²) in [5.74, 6) is 0.702. The zero-order valence-corrected chi connectivity index (χ0v) is 13.6. The lowest BCUT2D eigenvalue weighted by atomic mass is 10.3. The maximum atomic E-state index is 12.2. The van der Waals surface area contributed by atoms with Gasteiger partial charge in [0.1, 0.15) is 5.82 Å². The largest absolute Gasteiger partial charge is 0.291 e. The fourth-order valence-corrected chi connectivity index (χ4v) is 2.51. The Morgan fingerprint density at radius 2 is 1.95 bits per heavy atom. The smallest absolute Gasteiger partial charge is 0.267 e. The lowest BCUT2D eigenvalue weighted by molar-refractivity contribution is 0.694. The molecule has 6 heteroatoms. The van der Waals surface area contributed by atoms with Gasteiger partial charge in [0.25, 0.3) is 5.56 Å². The number of rotatable bonds is 3. The molecule has 106 valence electrons. The van der Waals surface area contributed by atoms with Crippen molar-refractivity contribution in [3.8, 4) is 5.69 Å². The average Bonchev–Trinajstić information content (AvgIpc) is 2.97. The van der Waals surface area contributed by atoms with Crippen LogP contribution in [0.4, 0.5) is 0 Å². The van der Waals surface area contributed by atoms with E-state index in [1.165, 1.54) is 0 Å². The molecule has 0 aliphatic rings. The van der Waals surface area contributed by atoms with Crippen LogP contribution < -0.4 is 5.56 Å². The second-order valence-electron chi connectivity index (χ2n) is 4.67. The fraction of sp³-hybridized carbons (Fsp3) is 0.133. The zero-order chi connectivity index (χ0) is 14.8. The first-order chi connectivity index (χ1) is 10.1. The quantitative estimate of drug-likeness (QED) is 0.644. The highest BCUT2D eigenvalue weighted by Gasteiger charge is 2.08. The Morgan fingerprint density at radius 1 is 1.19 bits per heavy atom. The van der Waals surface area contributed by atoms with Gasteiger partial charge in [0.2, 0.25) is 0 Å². The van der Waals surface area contributed by atoms with Gasteiger partial charge in [0.05, 0.1) is 22.0 Å². The van der Waals surface area contributed by atoms with Gasteiger partial charge in [-0.1, -0.05) is 18.2 Å². The van der Waals surface area contributed by atoms with Gasteiger partial charge in [-0.15, -0.1) is 0 Å². The van der Waals surface area contributed by atoms with Crippen molar-refractivity contribution in [2.45, 2.75) is 13.5 Å². The molecule has 0 bridgehead atoms. The Kier molecular flexibility index (Phi) is 3.87. The van der Waals surface area contributed by atoms with Gasteiger partial charge in [-0.2, -0.15) is 5.10 Å². The molecule has 0 N–H and O–H groups in total. The van der Waals surface area contributed by atoms with Gasteiger partial charge in [-0.25, -0.2) is 9.67 Å². The molecule has 0 amide bonds. The van der Waals surface area contributed by atoms with E-state index < -0.39 is 0 Å². The monoisotopic (exact) mass is 392 g/mol. The Morgan fingerprint density at radius 3 is 2.71 bits per heavy atom. The molecular weight excluding hydrogens is 379 g/mol. The molecule has 0 radical (unpaired) electrons. The number of nitrogens with zero attached hydrogens (tertiary/aromatic N) is 4. The van der Waals surface area contributed by atoms with E-state index in [1.54, 1.807) is 21.6 Å². The molecule has 0 saturated heterocycles. The van der Waals surface area contributed by atoms with Crippen LogP contribution in [0.5, 0.6) is 0 Å². The molecule has 0 saturated carbocycles. The molecule has 0 aliphatic carbocycles. The first kappa shape index (κ1) is 14.0. The standard InChI is InChI=1S/C15H13IN4O/c1-11-17-8-14(16)15(21)19(11)9-12-7-18-20(10-12)13-5-3-2-4-6-13/h2-8,10H,9H2,1H3. The van der Waals surface area contributed by atoms with Gasteiger partial charge in [-0.3, -0.25) is 9.36 Å². The van der Waals surface area contributed by atoms with Crippen molar-refractivity contribution in [3.63, 3.8) is 0 Å². The van der Waals surface area contributed by atoms with Crippen LogP contribution >= 0.6 is 22.6 Å². The van der Waals surface area contributed by atoms with Crippen molar-refractivity contribution in [1.82, 2.24) is 19.3 Å². The topological polar surface area (TPSA) is 52.7 Å². The van der Waals surface area contributed by atoms with E-state index in [4.69, 9.17) is 0 Å². The number of aromatic nitrogens is 4. The van der Waals surface area contributed by atoms with Crippen LogP contribution in [0.15, 0.2) is 53.7 Å². The van der Waals surface area contributed by atoms with Crippen molar-refractivity contribution in [2.24, 2.45) is 0 Å².